The molecule has 2 atom stereocenters. The van der Waals surface area contributed by atoms with Gasteiger partial charge in [0.25, 0.3) is 0 Å². The van der Waals surface area contributed by atoms with Crippen LogP contribution in [0, 0.1) is 5.92 Å². The number of nitrogens with zero attached hydrogens (tertiary/aromatic N) is 1. The quantitative estimate of drug-likeness (QED) is 0.293. The molecule has 0 saturated carbocycles. The first-order valence-corrected chi connectivity index (χ1v) is 12.9. The maximum Gasteiger partial charge on any atom is 0.336 e. The monoisotopic (exact) mass is 523 g/mol. The minimum Gasteiger partial charge on any atom is -0.478 e. The van der Waals surface area contributed by atoms with Gasteiger partial charge >= 0.3 is 11.9 Å². The van der Waals surface area contributed by atoms with E-state index in [4.69, 9.17) is 4.74 Å². The molecule has 0 amide bonds. The van der Waals surface area contributed by atoms with Gasteiger partial charge in [0.05, 0.1) is 23.7 Å². The Morgan fingerprint density at radius 1 is 1.05 bits per heavy atom. The molecule has 0 bridgehead atoms. The van der Waals surface area contributed by atoms with Gasteiger partial charge in [0, 0.05) is 28.6 Å². The second kappa shape index (κ2) is 10.6. The van der Waals surface area contributed by atoms with Crippen LogP contribution in [0.4, 0.5) is 0 Å². The summed E-state index contributed by atoms with van der Waals surface area (Å²) in [5.41, 5.74) is 5.19. The molecule has 0 fully saturated rings. The zero-order valence-corrected chi connectivity index (χ0v) is 21.9. The van der Waals surface area contributed by atoms with E-state index in [9.17, 15) is 19.5 Å². The molecule has 2 aliphatic rings. The number of benzene rings is 2. The molecule has 3 aromatic rings. The second-order valence-corrected chi connectivity index (χ2v) is 9.51. The number of aromatic carboxylic acids is 1. The van der Waals surface area contributed by atoms with E-state index >= 15 is 0 Å². The van der Waals surface area contributed by atoms with Gasteiger partial charge in [-0.3, -0.25) is 4.79 Å². The zero-order valence-electron chi connectivity index (χ0n) is 21.9. The lowest BCUT2D eigenvalue weighted by Gasteiger charge is -2.32. The highest BCUT2D eigenvalue weighted by Crippen LogP contribution is 2.43. The van der Waals surface area contributed by atoms with E-state index in [-0.39, 0.29) is 23.7 Å². The van der Waals surface area contributed by atoms with Crippen LogP contribution in [0.15, 0.2) is 82.6 Å². The second-order valence-electron chi connectivity index (χ2n) is 9.51. The molecule has 1 aromatic heterocycles. The molecule has 0 spiro atoms. The summed E-state index contributed by atoms with van der Waals surface area (Å²) in [7, 11) is 0. The summed E-state index contributed by atoms with van der Waals surface area (Å²) >= 11 is 0. The Hall–Kier alpha value is -4.72. The SMILES string of the molecule is CCOC(=O)C1=C(C)NC2=N/C(=C\c3ccc(-c4ccccc4C(=O)O)[nH]3)C(=O)C2C1c1cccc(CC)c1. The number of allylic oxidation sites excluding steroid dienone is 2. The highest BCUT2D eigenvalue weighted by atomic mass is 16.5. The highest BCUT2D eigenvalue weighted by molar-refractivity contribution is 6.21. The molecule has 8 nitrogen and oxygen atoms in total. The number of esters is 1. The Kier molecular flexibility index (Phi) is 7.02. The van der Waals surface area contributed by atoms with Gasteiger partial charge in [0.2, 0.25) is 0 Å². The summed E-state index contributed by atoms with van der Waals surface area (Å²) in [5, 5.41) is 12.7. The number of carboxylic acids is 1. The predicted molar refractivity (Wildman–Crippen MR) is 148 cm³/mol. The normalized spacial score (nSPS) is 19.5. The van der Waals surface area contributed by atoms with Crippen molar-refractivity contribution in [3.05, 3.63) is 100 Å². The number of ketones is 1. The van der Waals surface area contributed by atoms with Gasteiger partial charge in [-0.05, 0) is 55.7 Å². The number of H-pyrrole nitrogens is 1. The van der Waals surface area contributed by atoms with Crippen LogP contribution >= 0.6 is 0 Å². The lowest BCUT2D eigenvalue weighted by molar-refractivity contribution is -0.139. The number of aromatic nitrogens is 1. The van der Waals surface area contributed by atoms with E-state index in [2.05, 4.69) is 22.2 Å². The van der Waals surface area contributed by atoms with Gasteiger partial charge in [0.1, 0.15) is 11.5 Å². The van der Waals surface area contributed by atoms with Gasteiger partial charge < -0.3 is 20.1 Å². The number of hydrogen-bond donors (Lipinski definition) is 3. The van der Waals surface area contributed by atoms with Gasteiger partial charge in [-0.2, -0.15) is 0 Å². The Labute approximate surface area is 226 Å². The molecule has 5 rings (SSSR count). The van der Waals surface area contributed by atoms with Crippen LogP contribution in [0.5, 0.6) is 0 Å². The number of carbonyl (C=O) groups is 3. The lowest BCUT2D eigenvalue weighted by atomic mass is 9.75. The van der Waals surface area contributed by atoms with Crippen LogP contribution in [0.25, 0.3) is 17.3 Å². The third-order valence-electron chi connectivity index (χ3n) is 7.10. The average molecular weight is 524 g/mol. The van der Waals surface area contributed by atoms with Crippen molar-refractivity contribution in [2.45, 2.75) is 33.1 Å². The van der Waals surface area contributed by atoms with E-state index in [1.807, 2.05) is 24.3 Å². The number of aliphatic imine (C=N–C) groups is 1. The fourth-order valence-electron chi connectivity index (χ4n) is 5.28. The van der Waals surface area contributed by atoms with Crippen LogP contribution in [0.3, 0.4) is 0 Å². The third kappa shape index (κ3) is 4.81. The van der Waals surface area contributed by atoms with E-state index in [0.29, 0.717) is 34.1 Å². The van der Waals surface area contributed by atoms with Crippen molar-refractivity contribution in [1.29, 1.82) is 0 Å². The minimum absolute atomic E-state index is 0.177. The van der Waals surface area contributed by atoms with Crippen LogP contribution in [0.2, 0.25) is 0 Å². The number of aryl methyl sites for hydroxylation is 1. The first-order chi connectivity index (χ1) is 18.8. The van der Waals surface area contributed by atoms with Crippen molar-refractivity contribution in [3.8, 4) is 11.3 Å². The first-order valence-electron chi connectivity index (χ1n) is 12.9. The number of carbonyl (C=O) groups excluding carboxylic acids is 2. The number of ether oxygens (including phenoxy) is 1. The highest BCUT2D eigenvalue weighted by Gasteiger charge is 2.47. The van der Waals surface area contributed by atoms with E-state index in [0.717, 1.165) is 17.5 Å². The largest absolute Gasteiger partial charge is 0.478 e. The Bertz CT molecular complexity index is 1580. The van der Waals surface area contributed by atoms with Crippen molar-refractivity contribution in [1.82, 2.24) is 10.3 Å². The fourth-order valence-corrected chi connectivity index (χ4v) is 5.28. The molecule has 0 saturated heterocycles. The third-order valence-corrected chi connectivity index (χ3v) is 7.10. The van der Waals surface area contributed by atoms with Crippen molar-refractivity contribution < 1.29 is 24.2 Å². The maximum atomic E-state index is 13.8. The van der Waals surface area contributed by atoms with E-state index < -0.39 is 23.8 Å². The summed E-state index contributed by atoms with van der Waals surface area (Å²) in [6.07, 6.45) is 2.47. The van der Waals surface area contributed by atoms with Crippen molar-refractivity contribution in [2.24, 2.45) is 10.9 Å². The van der Waals surface area contributed by atoms with Crippen LogP contribution in [0.1, 0.15) is 53.9 Å². The Balaban J connectivity index is 1.53. The number of rotatable bonds is 7. The molecule has 0 aliphatic carbocycles. The van der Waals surface area contributed by atoms with Crippen LogP contribution in [-0.4, -0.2) is 40.3 Å². The summed E-state index contributed by atoms with van der Waals surface area (Å²) in [4.78, 5) is 46.4. The van der Waals surface area contributed by atoms with E-state index in [1.54, 1.807) is 56.3 Å². The molecule has 2 aliphatic heterocycles. The number of fused-ring (bicyclic) bond motifs is 1. The Morgan fingerprint density at radius 2 is 1.85 bits per heavy atom. The molecule has 8 heteroatoms. The number of Topliss-reactive ketones (excluding diaryl/α,β-unsaturated/α-hetero) is 1. The summed E-state index contributed by atoms with van der Waals surface area (Å²) < 4.78 is 5.39. The molecule has 198 valence electrons. The minimum atomic E-state index is -1.02. The zero-order chi connectivity index (χ0) is 27.7. The van der Waals surface area contributed by atoms with Crippen LogP contribution in [-0.2, 0) is 20.7 Å². The van der Waals surface area contributed by atoms with Gasteiger partial charge in [-0.1, -0.05) is 49.4 Å². The molecule has 0 radical (unpaired) electrons. The van der Waals surface area contributed by atoms with Gasteiger partial charge in [-0.15, -0.1) is 0 Å². The summed E-state index contributed by atoms with van der Waals surface area (Å²) in [6.45, 7) is 5.83. The number of carboxylic acid groups (broad SMARTS) is 1. The first kappa shape index (κ1) is 25.9. The lowest BCUT2D eigenvalue weighted by Crippen LogP contribution is -2.42. The molecular weight excluding hydrogens is 494 g/mol. The fraction of sp³-hybridized carbons (Fsp3) is 0.226. The standard InChI is InChI=1S/C31H29N3O5/c1-4-18-9-8-10-19(15-18)26-25(31(38)39-5-2)17(3)32-29-27(26)28(35)24(34-29)16-20-13-14-23(33-20)21-11-6-7-12-22(21)30(36)37/h6-16,26-27,33H,4-5H2,1-3H3,(H,32,34)(H,36,37)/b24-16-. The molecule has 2 aromatic carbocycles. The maximum absolute atomic E-state index is 13.8. The van der Waals surface area contributed by atoms with Gasteiger partial charge in [-0.25, -0.2) is 14.6 Å². The number of nitrogens with one attached hydrogen (secondary N) is 2. The smallest absolute Gasteiger partial charge is 0.336 e. The number of amidine groups is 1. The predicted octanol–water partition coefficient (Wildman–Crippen LogP) is 5.10. The average Bonchev–Trinajstić information content (AvgIpc) is 3.52. The number of aromatic amines is 1. The van der Waals surface area contributed by atoms with Crippen molar-refractivity contribution >= 4 is 29.6 Å². The Morgan fingerprint density at radius 3 is 2.59 bits per heavy atom. The molecule has 39 heavy (non-hydrogen) atoms. The molecular formula is C31H29N3O5. The molecule has 3 N–H and O–H groups in total. The topological polar surface area (TPSA) is 121 Å². The van der Waals surface area contributed by atoms with E-state index in [1.165, 1.54) is 0 Å². The van der Waals surface area contributed by atoms with Gasteiger partial charge in [0.15, 0.2) is 5.78 Å². The van der Waals surface area contributed by atoms with Crippen LogP contribution < -0.4 is 5.32 Å². The molecule has 2 unspecified atom stereocenters. The van der Waals surface area contributed by atoms with Crippen molar-refractivity contribution in [2.75, 3.05) is 6.61 Å². The summed E-state index contributed by atoms with van der Waals surface area (Å²) in [5.74, 6) is -2.44. The summed E-state index contributed by atoms with van der Waals surface area (Å²) in [6, 6.07) is 18.2. The molecule has 3 heterocycles. The number of hydrogen-bond acceptors (Lipinski definition) is 6. The van der Waals surface area contributed by atoms with Crippen molar-refractivity contribution in [3.63, 3.8) is 0 Å².